The molecule has 2 rings (SSSR count). The van der Waals surface area contributed by atoms with Crippen molar-refractivity contribution in [3.8, 4) is 5.75 Å². The fourth-order valence-corrected chi connectivity index (χ4v) is 2.26. The van der Waals surface area contributed by atoms with Gasteiger partial charge in [0.2, 0.25) is 0 Å². The van der Waals surface area contributed by atoms with Crippen molar-refractivity contribution in [2.45, 2.75) is 44.9 Å². The first-order chi connectivity index (χ1) is 12.1. The van der Waals surface area contributed by atoms with Crippen molar-refractivity contribution in [3.63, 3.8) is 0 Å². The summed E-state index contributed by atoms with van der Waals surface area (Å²) in [4.78, 5) is 40.0. The van der Waals surface area contributed by atoms with Crippen molar-refractivity contribution >= 4 is 23.7 Å². The molecule has 0 unspecified atom stereocenters. The van der Waals surface area contributed by atoms with Gasteiger partial charge in [-0.05, 0) is 20.8 Å². The van der Waals surface area contributed by atoms with E-state index >= 15 is 0 Å². The summed E-state index contributed by atoms with van der Waals surface area (Å²) >= 11 is 0. The van der Waals surface area contributed by atoms with Crippen molar-refractivity contribution in [2.24, 2.45) is 0 Å². The van der Waals surface area contributed by atoms with E-state index < -0.39 is 35.7 Å². The molecule has 142 valence electrons. The van der Waals surface area contributed by atoms with Crippen LogP contribution in [0.5, 0.6) is 5.75 Å². The number of amides is 2. The van der Waals surface area contributed by atoms with Gasteiger partial charge in [-0.2, -0.15) is 5.06 Å². The number of ether oxygens (including phenoxy) is 3. The van der Waals surface area contributed by atoms with E-state index in [9.17, 15) is 19.6 Å². The standard InChI is InChI=1S/C16H21N3O7/c1-16(2,3)26-15(22)18-9(14(21)24-4)7-12-13(20)19(23)10-8-17-6-5-11(10)25-12/h5-6,8-9,12,23H,7H2,1-4H3,(H,18,22)/t9-,12-/m0/s1. The van der Waals surface area contributed by atoms with Gasteiger partial charge in [0, 0.05) is 18.7 Å². The van der Waals surface area contributed by atoms with E-state index in [4.69, 9.17) is 9.47 Å². The highest BCUT2D eigenvalue weighted by atomic mass is 16.6. The molecule has 0 saturated carbocycles. The average molecular weight is 367 g/mol. The zero-order valence-corrected chi connectivity index (χ0v) is 14.9. The lowest BCUT2D eigenvalue weighted by molar-refractivity contribution is -0.144. The lowest BCUT2D eigenvalue weighted by Crippen LogP contribution is -2.51. The van der Waals surface area contributed by atoms with Gasteiger partial charge in [0.15, 0.2) is 6.10 Å². The number of hydrogen-bond acceptors (Lipinski definition) is 8. The normalized spacial score (nSPS) is 17.7. The van der Waals surface area contributed by atoms with Crippen LogP contribution in [0.25, 0.3) is 0 Å². The second-order valence-electron chi connectivity index (χ2n) is 6.56. The van der Waals surface area contributed by atoms with Crippen LogP contribution in [-0.4, -0.2) is 53.0 Å². The van der Waals surface area contributed by atoms with Crippen LogP contribution < -0.4 is 15.1 Å². The summed E-state index contributed by atoms with van der Waals surface area (Å²) in [5.74, 6) is -1.37. The van der Waals surface area contributed by atoms with Crippen molar-refractivity contribution in [3.05, 3.63) is 18.5 Å². The van der Waals surface area contributed by atoms with Gasteiger partial charge in [0.25, 0.3) is 5.91 Å². The Kier molecular flexibility index (Phi) is 5.66. The number of rotatable bonds is 4. The molecule has 1 aliphatic rings. The topological polar surface area (TPSA) is 127 Å². The number of hydrogen-bond donors (Lipinski definition) is 2. The molecule has 10 nitrogen and oxygen atoms in total. The Balaban J connectivity index is 2.14. The zero-order valence-electron chi connectivity index (χ0n) is 14.9. The molecule has 0 bridgehead atoms. The smallest absolute Gasteiger partial charge is 0.408 e. The van der Waals surface area contributed by atoms with E-state index in [0.29, 0.717) is 5.06 Å². The number of nitrogens with zero attached hydrogens (tertiary/aromatic N) is 2. The van der Waals surface area contributed by atoms with Crippen LogP contribution >= 0.6 is 0 Å². The monoisotopic (exact) mass is 367 g/mol. The van der Waals surface area contributed by atoms with E-state index in [2.05, 4.69) is 15.0 Å². The number of hydroxylamine groups is 1. The van der Waals surface area contributed by atoms with Gasteiger partial charge in [-0.15, -0.1) is 0 Å². The third kappa shape index (κ3) is 4.60. The molecule has 26 heavy (non-hydrogen) atoms. The number of aromatic nitrogens is 1. The van der Waals surface area contributed by atoms with E-state index in [1.807, 2.05) is 0 Å². The second-order valence-corrected chi connectivity index (χ2v) is 6.56. The summed E-state index contributed by atoms with van der Waals surface area (Å²) in [6.45, 7) is 5.01. The quantitative estimate of drug-likeness (QED) is 0.596. The first-order valence-corrected chi connectivity index (χ1v) is 7.83. The number of anilines is 1. The Labute approximate surface area is 150 Å². The highest BCUT2D eigenvalue weighted by molar-refractivity contribution is 5.98. The first kappa shape index (κ1) is 19.4. The number of pyridine rings is 1. The molecule has 0 aromatic carbocycles. The van der Waals surface area contributed by atoms with Crippen molar-refractivity contribution in [1.82, 2.24) is 10.3 Å². The van der Waals surface area contributed by atoms with Crippen LogP contribution in [0, 0.1) is 0 Å². The van der Waals surface area contributed by atoms with E-state index in [1.165, 1.54) is 18.5 Å². The predicted octanol–water partition coefficient (Wildman–Crippen LogP) is 1.02. The predicted molar refractivity (Wildman–Crippen MR) is 87.7 cm³/mol. The second kappa shape index (κ2) is 7.56. The SMILES string of the molecule is COC(=O)[C@H](C[C@@H]1Oc2ccncc2N(O)C1=O)NC(=O)OC(C)(C)C. The molecule has 2 atom stereocenters. The van der Waals surface area contributed by atoms with Gasteiger partial charge in [0.1, 0.15) is 23.1 Å². The molecule has 10 heteroatoms. The molecule has 0 saturated heterocycles. The lowest BCUT2D eigenvalue weighted by Gasteiger charge is -2.31. The van der Waals surface area contributed by atoms with Crippen LogP contribution in [0.2, 0.25) is 0 Å². The van der Waals surface area contributed by atoms with Crippen molar-refractivity contribution < 1.29 is 33.8 Å². The van der Waals surface area contributed by atoms with Crippen LogP contribution in [0.15, 0.2) is 18.5 Å². The molecule has 1 aliphatic heterocycles. The van der Waals surface area contributed by atoms with Gasteiger partial charge in [-0.3, -0.25) is 15.0 Å². The van der Waals surface area contributed by atoms with E-state index in [-0.39, 0.29) is 17.9 Å². The van der Waals surface area contributed by atoms with Gasteiger partial charge in [0.05, 0.1) is 13.3 Å². The summed E-state index contributed by atoms with van der Waals surface area (Å²) in [7, 11) is 1.15. The Morgan fingerprint density at radius 1 is 1.46 bits per heavy atom. The lowest BCUT2D eigenvalue weighted by atomic mass is 10.1. The number of methoxy groups -OCH3 is 1. The molecule has 0 radical (unpaired) electrons. The van der Waals surface area contributed by atoms with Crippen LogP contribution in [-0.2, 0) is 19.1 Å². The largest absolute Gasteiger partial charge is 0.478 e. The third-order valence-corrected chi connectivity index (χ3v) is 3.37. The minimum absolute atomic E-state index is 0.0865. The molecule has 2 heterocycles. The summed E-state index contributed by atoms with van der Waals surface area (Å²) in [6, 6.07) is 0.257. The molecule has 0 spiro atoms. The molecule has 2 N–H and O–H groups in total. The summed E-state index contributed by atoms with van der Waals surface area (Å²) < 4.78 is 15.3. The Hall–Kier alpha value is -2.88. The third-order valence-electron chi connectivity index (χ3n) is 3.37. The molecule has 0 fully saturated rings. The zero-order chi connectivity index (χ0) is 19.5. The van der Waals surface area contributed by atoms with Crippen LogP contribution in [0.3, 0.4) is 0 Å². The molecular weight excluding hydrogens is 346 g/mol. The Morgan fingerprint density at radius 3 is 2.77 bits per heavy atom. The number of nitrogens with one attached hydrogen (secondary N) is 1. The fourth-order valence-electron chi connectivity index (χ4n) is 2.26. The van der Waals surface area contributed by atoms with Crippen LogP contribution in [0.1, 0.15) is 27.2 Å². The summed E-state index contributed by atoms with van der Waals surface area (Å²) in [5.41, 5.74) is -0.682. The van der Waals surface area contributed by atoms with Gasteiger partial charge in [-0.25, -0.2) is 9.59 Å². The molecule has 2 amide bonds. The number of fused-ring (bicyclic) bond motifs is 1. The van der Waals surface area contributed by atoms with Gasteiger partial charge >= 0.3 is 12.1 Å². The minimum atomic E-state index is -1.21. The average Bonchev–Trinajstić information content (AvgIpc) is 2.56. The van der Waals surface area contributed by atoms with E-state index in [1.54, 1.807) is 20.8 Å². The van der Waals surface area contributed by atoms with Crippen molar-refractivity contribution in [1.29, 1.82) is 0 Å². The first-order valence-electron chi connectivity index (χ1n) is 7.83. The van der Waals surface area contributed by atoms with Gasteiger partial charge < -0.3 is 19.5 Å². The Morgan fingerprint density at radius 2 is 2.15 bits per heavy atom. The van der Waals surface area contributed by atoms with Crippen LogP contribution in [0.4, 0.5) is 10.5 Å². The number of esters is 1. The molecule has 1 aromatic heterocycles. The maximum atomic E-state index is 12.3. The molecule has 0 aliphatic carbocycles. The van der Waals surface area contributed by atoms with E-state index in [0.717, 1.165) is 7.11 Å². The number of carbonyl (C=O) groups excluding carboxylic acids is 3. The number of alkyl carbamates (subject to hydrolysis) is 1. The molecule has 1 aromatic rings. The number of carbonyl (C=O) groups is 3. The van der Waals surface area contributed by atoms with Gasteiger partial charge in [-0.1, -0.05) is 0 Å². The maximum absolute atomic E-state index is 12.3. The highest BCUT2D eigenvalue weighted by Crippen LogP contribution is 2.32. The Bertz CT molecular complexity index is 701. The van der Waals surface area contributed by atoms with Crippen molar-refractivity contribution in [2.75, 3.05) is 12.2 Å². The fraction of sp³-hybridized carbons (Fsp3) is 0.500. The minimum Gasteiger partial charge on any atom is -0.478 e. The summed E-state index contributed by atoms with van der Waals surface area (Å²) in [5, 5.41) is 12.7. The molecular formula is C16H21N3O7. The highest BCUT2D eigenvalue weighted by Gasteiger charge is 2.38. The summed E-state index contributed by atoms with van der Waals surface area (Å²) in [6.07, 6.45) is 0.371. The maximum Gasteiger partial charge on any atom is 0.408 e.